The molecule has 308 valence electrons. The van der Waals surface area contributed by atoms with E-state index in [1.807, 2.05) is 29.2 Å². The zero-order chi connectivity index (χ0) is 39.7. The van der Waals surface area contributed by atoms with Crippen LogP contribution in [0.2, 0.25) is 5.02 Å². The second-order valence-corrected chi connectivity index (χ2v) is 15.4. The van der Waals surface area contributed by atoms with Crippen molar-refractivity contribution in [2.75, 3.05) is 117 Å². The molecular weight excluding hydrogens is 726 g/mol. The maximum absolute atomic E-state index is 14.3. The Balaban J connectivity index is 1.20. The third-order valence-corrected chi connectivity index (χ3v) is 10.4. The van der Waals surface area contributed by atoms with Crippen LogP contribution in [-0.4, -0.2) is 166 Å². The number of carbonyl (C=O) groups excluding carboxylic acids is 2. The Bertz CT molecular complexity index is 1450. The molecule has 1 fully saturated rings. The van der Waals surface area contributed by atoms with Crippen molar-refractivity contribution in [2.24, 2.45) is 0 Å². The molecule has 15 heteroatoms. The maximum atomic E-state index is 14.3. The van der Waals surface area contributed by atoms with Crippen molar-refractivity contribution in [3.63, 3.8) is 0 Å². The van der Waals surface area contributed by atoms with Crippen molar-refractivity contribution >= 4 is 29.2 Å². The number of carbonyl (C=O) groups is 2. The van der Waals surface area contributed by atoms with Crippen LogP contribution in [0.4, 0.5) is 5.82 Å². The number of anilines is 1. The van der Waals surface area contributed by atoms with Gasteiger partial charge in [0.2, 0.25) is 11.8 Å². The monoisotopic (exact) mass is 789 g/mol. The van der Waals surface area contributed by atoms with Crippen molar-refractivity contribution in [1.82, 2.24) is 30.0 Å². The Morgan fingerprint density at radius 2 is 1.53 bits per heavy atom. The van der Waals surface area contributed by atoms with Crippen LogP contribution in [0, 0.1) is 0 Å². The molecule has 14 nitrogen and oxygen atoms in total. The molecule has 1 saturated heterocycles. The molecule has 0 saturated carbocycles. The number of fused-ring (bicyclic) bond motifs is 1. The summed E-state index contributed by atoms with van der Waals surface area (Å²) < 4.78 is 22.2. The van der Waals surface area contributed by atoms with Gasteiger partial charge in [-0.2, -0.15) is 0 Å². The standard InChI is InChI=1S/C40H64ClN7O7/c1-29(2)42-11-18-52-19-20-53-21-22-54-23-24-55-27-36(50)45(6)12-13-48(30(3)4)26-34(32-7-9-33(41)10-8-32)40(51)47-16-14-46(15-17-47)39-37-31(5)25-35(49)38(37)43-28-44-39/h7-10,28-31,34-35,42,49H,11-27H2,1-6H3/t31-,34-,35-/m1/s1. The van der Waals surface area contributed by atoms with Crippen molar-refractivity contribution < 1.29 is 33.6 Å². The fraction of sp³-hybridized carbons (Fsp3) is 0.700. The van der Waals surface area contributed by atoms with Gasteiger partial charge >= 0.3 is 0 Å². The molecule has 2 aliphatic rings. The molecular formula is C40H64ClN7O7. The SMILES string of the molecule is CC(C)NCCOCCOCCOCCOCC(=O)N(C)CCN(C[C@@H](C(=O)N1CCN(c2ncnc3c2[C@H](C)C[C@H]3O)CC1)c1ccc(Cl)cc1)C(C)C. The van der Waals surface area contributed by atoms with Gasteiger partial charge in [-0.1, -0.05) is 44.5 Å². The molecule has 2 amide bonds. The van der Waals surface area contributed by atoms with E-state index >= 15 is 0 Å². The van der Waals surface area contributed by atoms with E-state index in [0.29, 0.717) is 110 Å². The molecule has 0 radical (unpaired) electrons. The van der Waals surface area contributed by atoms with Crippen LogP contribution < -0.4 is 10.2 Å². The van der Waals surface area contributed by atoms with Gasteiger partial charge in [-0.25, -0.2) is 9.97 Å². The number of aromatic nitrogens is 2. The van der Waals surface area contributed by atoms with E-state index in [0.717, 1.165) is 29.2 Å². The van der Waals surface area contributed by atoms with Gasteiger partial charge in [0, 0.05) is 82.1 Å². The summed E-state index contributed by atoms with van der Waals surface area (Å²) in [4.78, 5) is 44.3. The summed E-state index contributed by atoms with van der Waals surface area (Å²) in [5.74, 6) is 0.577. The lowest BCUT2D eigenvalue weighted by atomic mass is 9.95. The summed E-state index contributed by atoms with van der Waals surface area (Å²) in [7, 11) is 1.78. The van der Waals surface area contributed by atoms with Crippen LogP contribution in [0.5, 0.6) is 0 Å². The highest BCUT2D eigenvalue weighted by atomic mass is 35.5. The Morgan fingerprint density at radius 3 is 2.15 bits per heavy atom. The molecule has 4 rings (SSSR count). The molecule has 1 aromatic heterocycles. The van der Waals surface area contributed by atoms with Crippen LogP contribution in [0.1, 0.15) is 75.8 Å². The minimum atomic E-state index is -0.564. The molecule has 1 aliphatic heterocycles. The molecule has 1 aliphatic carbocycles. The van der Waals surface area contributed by atoms with Gasteiger partial charge in [-0.15, -0.1) is 0 Å². The van der Waals surface area contributed by atoms with Crippen molar-refractivity contribution in [2.45, 2.75) is 71.1 Å². The highest BCUT2D eigenvalue weighted by Crippen LogP contribution is 2.42. The number of piperazine rings is 1. The van der Waals surface area contributed by atoms with E-state index in [4.69, 9.17) is 30.5 Å². The summed E-state index contributed by atoms with van der Waals surface area (Å²) in [5.41, 5.74) is 2.65. The quantitative estimate of drug-likeness (QED) is 0.151. The number of benzene rings is 1. The van der Waals surface area contributed by atoms with Crippen molar-refractivity contribution in [1.29, 1.82) is 0 Å². The van der Waals surface area contributed by atoms with Crippen LogP contribution in [-0.2, 0) is 28.5 Å². The van der Waals surface area contributed by atoms with E-state index in [-0.39, 0.29) is 30.4 Å². The number of likely N-dealkylation sites (N-methyl/N-ethyl adjacent to an activating group) is 1. The van der Waals surface area contributed by atoms with E-state index in [2.05, 4.69) is 59.7 Å². The lowest BCUT2D eigenvalue weighted by Crippen LogP contribution is -2.52. The van der Waals surface area contributed by atoms with Gasteiger partial charge in [0.1, 0.15) is 18.8 Å². The van der Waals surface area contributed by atoms with Gasteiger partial charge in [0.25, 0.3) is 0 Å². The Kier molecular flexibility index (Phi) is 19.0. The smallest absolute Gasteiger partial charge is 0.248 e. The van der Waals surface area contributed by atoms with Crippen LogP contribution in [0.25, 0.3) is 0 Å². The predicted octanol–water partition coefficient (Wildman–Crippen LogP) is 3.34. The van der Waals surface area contributed by atoms with E-state index < -0.39 is 12.0 Å². The molecule has 2 heterocycles. The Hall–Kier alpha value is -2.95. The third kappa shape index (κ3) is 14.2. The molecule has 0 spiro atoms. The summed E-state index contributed by atoms with van der Waals surface area (Å²) >= 11 is 6.25. The predicted molar refractivity (Wildman–Crippen MR) is 214 cm³/mol. The van der Waals surface area contributed by atoms with Gasteiger partial charge in [-0.05, 0) is 43.9 Å². The van der Waals surface area contributed by atoms with Gasteiger partial charge in [0.05, 0.1) is 64.0 Å². The minimum absolute atomic E-state index is 0.0315. The number of ether oxygens (including phenoxy) is 4. The number of hydrogen-bond acceptors (Lipinski definition) is 12. The van der Waals surface area contributed by atoms with Gasteiger partial charge in [-0.3, -0.25) is 14.5 Å². The van der Waals surface area contributed by atoms with Crippen LogP contribution in [0.3, 0.4) is 0 Å². The fourth-order valence-corrected chi connectivity index (χ4v) is 7.01. The van der Waals surface area contributed by atoms with Gasteiger partial charge in [0.15, 0.2) is 0 Å². The summed E-state index contributed by atoms with van der Waals surface area (Å²) in [6.07, 6.45) is 1.61. The Labute approximate surface area is 332 Å². The van der Waals surface area contributed by atoms with Crippen LogP contribution >= 0.6 is 11.6 Å². The number of amides is 2. The second-order valence-electron chi connectivity index (χ2n) is 15.0. The van der Waals surface area contributed by atoms with Crippen LogP contribution in [0.15, 0.2) is 30.6 Å². The number of hydrogen-bond donors (Lipinski definition) is 2. The summed E-state index contributed by atoms with van der Waals surface area (Å²) in [5, 5.41) is 14.4. The second kappa shape index (κ2) is 23.3. The number of rotatable bonds is 24. The highest BCUT2D eigenvalue weighted by molar-refractivity contribution is 6.30. The van der Waals surface area contributed by atoms with E-state index in [1.54, 1.807) is 11.9 Å². The molecule has 3 atom stereocenters. The first-order valence-corrected chi connectivity index (χ1v) is 20.2. The number of nitrogens with one attached hydrogen (secondary N) is 1. The number of aliphatic hydroxyl groups excluding tert-OH is 1. The number of aliphatic hydroxyl groups is 1. The van der Waals surface area contributed by atoms with Crippen molar-refractivity contribution in [3.05, 3.63) is 52.4 Å². The fourth-order valence-electron chi connectivity index (χ4n) is 6.88. The lowest BCUT2D eigenvalue weighted by molar-refractivity contribution is -0.136. The Morgan fingerprint density at radius 1 is 0.909 bits per heavy atom. The summed E-state index contributed by atoms with van der Waals surface area (Å²) in [6, 6.07) is 8.12. The molecule has 0 unspecified atom stereocenters. The van der Waals surface area contributed by atoms with E-state index in [1.165, 1.54) is 6.33 Å². The zero-order valence-corrected chi connectivity index (χ0v) is 34.5. The largest absolute Gasteiger partial charge is 0.387 e. The lowest BCUT2D eigenvalue weighted by Gasteiger charge is -2.39. The molecule has 55 heavy (non-hydrogen) atoms. The molecule has 2 aromatic rings. The summed E-state index contributed by atoms with van der Waals surface area (Å²) in [6.45, 7) is 18.6. The topological polar surface area (TPSA) is 142 Å². The average molecular weight is 790 g/mol. The average Bonchev–Trinajstić information content (AvgIpc) is 3.47. The van der Waals surface area contributed by atoms with Crippen molar-refractivity contribution in [3.8, 4) is 0 Å². The molecule has 1 aromatic carbocycles. The first kappa shape index (κ1) is 44.8. The first-order valence-electron chi connectivity index (χ1n) is 19.8. The molecule has 0 bridgehead atoms. The van der Waals surface area contributed by atoms with E-state index in [9.17, 15) is 14.7 Å². The number of halogens is 1. The first-order chi connectivity index (χ1) is 26.5. The zero-order valence-electron chi connectivity index (χ0n) is 33.8. The number of nitrogens with zero attached hydrogens (tertiary/aromatic N) is 6. The normalized spacial score (nSPS) is 17.7. The highest BCUT2D eigenvalue weighted by Gasteiger charge is 2.35. The third-order valence-electron chi connectivity index (χ3n) is 10.2. The van der Waals surface area contributed by atoms with Gasteiger partial charge < -0.3 is 44.1 Å². The molecule has 2 N–H and O–H groups in total. The maximum Gasteiger partial charge on any atom is 0.248 e. The minimum Gasteiger partial charge on any atom is -0.387 e.